The summed E-state index contributed by atoms with van der Waals surface area (Å²) in [7, 11) is 0. The molecule has 3 aromatic carbocycles. The number of benzene rings is 2. The largest absolute Gasteiger partial charge is 4.00 e. The summed E-state index contributed by atoms with van der Waals surface area (Å²) in [5.74, 6) is 0.331. The smallest absolute Gasteiger partial charge is 1.00 e. The molecule has 3 rings (SSSR count). The average Bonchev–Trinajstić information content (AvgIpc) is 2.98. The third-order valence-electron chi connectivity index (χ3n) is 3.98. The third kappa shape index (κ3) is 6.89. The van der Waals surface area contributed by atoms with Gasteiger partial charge in [-0.1, -0.05) is 80.4 Å². The van der Waals surface area contributed by atoms with Gasteiger partial charge in [0.2, 0.25) is 0 Å². The van der Waals surface area contributed by atoms with Gasteiger partial charge < -0.3 is 37.2 Å². The van der Waals surface area contributed by atoms with E-state index in [0.29, 0.717) is 5.92 Å². The van der Waals surface area contributed by atoms with Crippen LogP contribution in [0, 0.1) is 0 Å². The van der Waals surface area contributed by atoms with Gasteiger partial charge in [-0.15, -0.1) is 5.56 Å². The Morgan fingerprint density at radius 2 is 1.24 bits per heavy atom. The normalized spacial score (nSPS) is 9.20. The van der Waals surface area contributed by atoms with Crippen LogP contribution in [0.4, 0.5) is 0 Å². The van der Waals surface area contributed by atoms with Gasteiger partial charge in [0.15, 0.2) is 0 Å². The molecule has 0 saturated carbocycles. The van der Waals surface area contributed by atoms with Gasteiger partial charge in [0.1, 0.15) is 0 Å². The molecule has 0 heterocycles. The monoisotopic (exact) mass is 426 g/mol. The second kappa shape index (κ2) is 13.6. The summed E-state index contributed by atoms with van der Waals surface area (Å²) < 4.78 is 0. The average molecular weight is 428 g/mol. The van der Waals surface area contributed by atoms with Crippen LogP contribution in [0.15, 0.2) is 78.9 Å². The van der Waals surface area contributed by atoms with Gasteiger partial charge in [0, 0.05) is 0 Å². The van der Waals surface area contributed by atoms with Crippen LogP contribution in [0.1, 0.15) is 41.5 Å². The van der Waals surface area contributed by atoms with Crippen molar-refractivity contribution in [1.29, 1.82) is 0 Å². The summed E-state index contributed by atoms with van der Waals surface area (Å²) in [5, 5.41) is 0. The first-order chi connectivity index (χ1) is 10.4. The Labute approximate surface area is 184 Å². The van der Waals surface area contributed by atoms with Crippen LogP contribution in [0.3, 0.4) is 0 Å². The Hall–Kier alpha value is -0.626. The molecule has 0 amide bonds. The zero-order chi connectivity index (χ0) is 14.5. The van der Waals surface area contributed by atoms with E-state index in [1.54, 1.807) is 0 Å². The molecule has 0 aliphatic heterocycles. The van der Waals surface area contributed by atoms with Gasteiger partial charge in [-0.2, -0.15) is 17.7 Å². The maximum absolute atomic E-state index is 2.37. The van der Waals surface area contributed by atoms with Crippen molar-refractivity contribution < 1.29 is 58.9 Å². The van der Waals surface area contributed by atoms with E-state index < -0.39 is 0 Å². The molecule has 130 valence electrons. The fraction of sp³-hybridized carbons (Fsp3) is 0.190. The van der Waals surface area contributed by atoms with Crippen LogP contribution in [0.2, 0.25) is 0 Å². The molecule has 4 heteroatoms. The van der Waals surface area contributed by atoms with E-state index in [1.807, 2.05) is 0 Å². The van der Waals surface area contributed by atoms with E-state index >= 15 is 0 Å². The molecule has 0 saturated heterocycles. The molecular weight excluding hydrogens is 406 g/mol. The summed E-state index contributed by atoms with van der Waals surface area (Å²) in [6, 6.07) is 28.5. The standard InChI is InChI=1S/C21H21.3ClH.Ti/c1-2-9-17-14-15-20(16-17)21(18-10-5-3-6-11-18)19-12-7-4-8-13-19;;;;/h3-8,10-16,21H,2,9H2,1H3;3*1H;/q-1;;;;+4/p-3. The molecule has 0 unspecified atom stereocenters. The molecule has 0 N–H and O–H groups in total. The summed E-state index contributed by atoms with van der Waals surface area (Å²) in [4.78, 5) is 0. The summed E-state index contributed by atoms with van der Waals surface area (Å²) >= 11 is 0. The Kier molecular flexibility index (Phi) is 14.4. The number of hydrogen-bond acceptors (Lipinski definition) is 0. The topological polar surface area (TPSA) is 0 Å². The molecule has 0 atom stereocenters. The van der Waals surface area contributed by atoms with Crippen LogP contribution < -0.4 is 37.2 Å². The van der Waals surface area contributed by atoms with Gasteiger partial charge in [0.05, 0.1) is 0 Å². The molecule has 0 aliphatic carbocycles. The molecule has 0 bridgehead atoms. The molecule has 25 heavy (non-hydrogen) atoms. The minimum atomic E-state index is 0. The van der Waals surface area contributed by atoms with Crippen LogP contribution in [0.5, 0.6) is 0 Å². The number of aryl methyl sites for hydroxylation is 1. The quantitative estimate of drug-likeness (QED) is 0.294. The Morgan fingerprint density at radius 3 is 1.68 bits per heavy atom. The molecule has 0 spiro atoms. The van der Waals surface area contributed by atoms with Crippen molar-refractivity contribution >= 4 is 0 Å². The Balaban J connectivity index is 0. The molecule has 3 aromatic rings. The van der Waals surface area contributed by atoms with Crippen molar-refractivity contribution in [3.8, 4) is 0 Å². The second-order valence-electron chi connectivity index (χ2n) is 5.56. The van der Waals surface area contributed by atoms with Gasteiger partial charge in [-0.25, -0.2) is 6.07 Å². The van der Waals surface area contributed by atoms with Crippen molar-refractivity contribution in [2.24, 2.45) is 0 Å². The molecule has 0 aliphatic rings. The fourth-order valence-corrected chi connectivity index (χ4v) is 3.01. The predicted molar refractivity (Wildman–Crippen MR) is 89.9 cm³/mol. The molecule has 0 fully saturated rings. The van der Waals surface area contributed by atoms with Crippen molar-refractivity contribution in [2.75, 3.05) is 0 Å². The molecular formula is C21H21Cl3Ti. The van der Waals surface area contributed by atoms with Crippen molar-refractivity contribution in [2.45, 2.75) is 25.7 Å². The Bertz CT molecular complexity index is 641. The van der Waals surface area contributed by atoms with Crippen LogP contribution in [-0.2, 0) is 28.1 Å². The van der Waals surface area contributed by atoms with Gasteiger partial charge in [-0.05, 0) is 17.0 Å². The van der Waals surface area contributed by atoms with E-state index in [-0.39, 0.29) is 58.9 Å². The Morgan fingerprint density at radius 1 is 0.760 bits per heavy atom. The maximum Gasteiger partial charge on any atom is 4.00 e. The zero-order valence-corrected chi connectivity index (χ0v) is 18.0. The van der Waals surface area contributed by atoms with E-state index in [2.05, 4.69) is 85.8 Å². The van der Waals surface area contributed by atoms with Crippen molar-refractivity contribution in [1.82, 2.24) is 0 Å². The number of rotatable bonds is 5. The number of hydrogen-bond donors (Lipinski definition) is 0. The van der Waals surface area contributed by atoms with Crippen LogP contribution in [0.25, 0.3) is 0 Å². The van der Waals surface area contributed by atoms with Crippen molar-refractivity contribution in [3.63, 3.8) is 0 Å². The van der Waals surface area contributed by atoms with E-state index in [4.69, 9.17) is 0 Å². The van der Waals surface area contributed by atoms with Crippen LogP contribution >= 0.6 is 0 Å². The minimum Gasteiger partial charge on any atom is -1.00 e. The first kappa shape index (κ1) is 26.6. The third-order valence-corrected chi connectivity index (χ3v) is 3.98. The van der Waals surface area contributed by atoms with Crippen LogP contribution in [-0.4, -0.2) is 0 Å². The summed E-state index contributed by atoms with van der Waals surface area (Å²) in [6.07, 6.45) is 2.36. The minimum absolute atomic E-state index is 0. The molecule has 0 aromatic heterocycles. The first-order valence-corrected chi connectivity index (χ1v) is 7.74. The predicted octanol–water partition coefficient (Wildman–Crippen LogP) is -3.45. The van der Waals surface area contributed by atoms with E-state index in [0.717, 1.165) is 6.42 Å². The summed E-state index contributed by atoms with van der Waals surface area (Å²) in [5.41, 5.74) is 5.56. The van der Waals surface area contributed by atoms with E-state index in [9.17, 15) is 0 Å². The van der Waals surface area contributed by atoms with Gasteiger partial charge in [0.25, 0.3) is 0 Å². The maximum atomic E-state index is 2.37. The fourth-order valence-electron chi connectivity index (χ4n) is 3.01. The van der Waals surface area contributed by atoms with Gasteiger partial charge in [-0.3, -0.25) is 0 Å². The molecule has 0 radical (unpaired) electrons. The second-order valence-corrected chi connectivity index (χ2v) is 5.56. The van der Waals surface area contributed by atoms with Crippen molar-refractivity contribution in [3.05, 3.63) is 101 Å². The number of halogens is 3. The SMILES string of the molecule is CCCc1cc[c-](C(c2ccccc2)c2ccccc2)c1.[Cl-].[Cl-].[Cl-].[Ti+4]. The summed E-state index contributed by atoms with van der Waals surface area (Å²) in [6.45, 7) is 2.23. The molecule has 0 nitrogen and oxygen atoms in total. The zero-order valence-electron chi connectivity index (χ0n) is 14.1. The first-order valence-electron chi connectivity index (χ1n) is 7.74. The van der Waals surface area contributed by atoms with Gasteiger partial charge >= 0.3 is 21.7 Å². The van der Waals surface area contributed by atoms with E-state index in [1.165, 1.54) is 28.7 Å².